The van der Waals surface area contributed by atoms with Crippen LogP contribution in [-0.2, 0) is 10.2 Å². The highest BCUT2D eigenvalue weighted by molar-refractivity contribution is 5.94. The first-order chi connectivity index (χ1) is 8.23. The van der Waals surface area contributed by atoms with E-state index in [0.717, 1.165) is 12.2 Å². The molecule has 98 valence electrons. The van der Waals surface area contributed by atoms with E-state index in [2.05, 4.69) is 49.9 Å². The zero-order valence-corrected chi connectivity index (χ0v) is 12.1. The van der Waals surface area contributed by atoms with E-state index >= 15 is 0 Å². The van der Waals surface area contributed by atoms with Gasteiger partial charge in [0.1, 0.15) is 0 Å². The first-order valence-corrected chi connectivity index (χ1v) is 6.64. The highest BCUT2D eigenvalue weighted by Gasteiger charge is 2.39. The van der Waals surface area contributed by atoms with Gasteiger partial charge in [-0.25, -0.2) is 0 Å². The molecule has 1 aromatic rings. The summed E-state index contributed by atoms with van der Waals surface area (Å²) in [5, 5.41) is 0. The fourth-order valence-electron chi connectivity index (χ4n) is 2.54. The van der Waals surface area contributed by atoms with E-state index in [1.54, 1.807) is 0 Å². The molecule has 1 aromatic carbocycles. The maximum atomic E-state index is 11.9. The fraction of sp³-hybridized carbons (Fsp3) is 0.562. The lowest BCUT2D eigenvalue weighted by molar-refractivity contribution is -0.120. The Labute approximate surface area is 110 Å². The van der Waals surface area contributed by atoms with Gasteiger partial charge in [-0.2, -0.15) is 0 Å². The van der Waals surface area contributed by atoms with E-state index in [0.29, 0.717) is 12.2 Å². The number of benzene rings is 1. The average Bonchev–Trinajstić information content (AvgIpc) is 2.53. The number of rotatable bonds is 1. The SMILES string of the molecule is CC(C)(C)c1ccc(N2CCC(=O)C2(C)C)cc1. The van der Waals surface area contributed by atoms with Gasteiger partial charge in [-0.15, -0.1) is 0 Å². The zero-order chi connectivity index (χ0) is 13.6. The summed E-state index contributed by atoms with van der Waals surface area (Å²) in [5.41, 5.74) is 2.30. The maximum Gasteiger partial charge on any atom is 0.159 e. The van der Waals surface area contributed by atoms with Crippen molar-refractivity contribution in [2.24, 2.45) is 0 Å². The number of carbonyl (C=O) groups excluding carboxylic acids is 1. The third kappa shape index (κ3) is 2.16. The van der Waals surface area contributed by atoms with E-state index in [1.165, 1.54) is 5.56 Å². The molecule has 0 unspecified atom stereocenters. The quantitative estimate of drug-likeness (QED) is 0.754. The molecule has 0 radical (unpaired) electrons. The van der Waals surface area contributed by atoms with Crippen LogP contribution in [0.5, 0.6) is 0 Å². The van der Waals surface area contributed by atoms with Crippen molar-refractivity contribution in [2.45, 2.75) is 52.0 Å². The molecule has 0 aliphatic carbocycles. The van der Waals surface area contributed by atoms with Crippen LogP contribution in [0.2, 0.25) is 0 Å². The second-order valence-electron chi connectivity index (χ2n) is 6.68. The third-order valence-electron chi connectivity index (χ3n) is 3.96. The Hall–Kier alpha value is -1.31. The Morgan fingerprint density at radius 1 is 1.11 bits per heavy atom. The lowest BCUT2D eigenvalue weighted by Crippen LogP contribution is -2.42. The number of hydrogen-bond donors (Lipinski definition) is 0. The summed E-state index contributed by atoms with van der Waals surface area (Å²) >= 11 is 0. The molecule has 0 amide bonds. The normalized spacial score (nSPS) is 19.4. The van der Waals surface area contributed by atoms with Crippen molar-refractivity contribution < 1.29 is 4.79 Å². The Kier molecular flexibility index (Phi) is 3.00. The Morgan fingerprint density at radius 2 is 1.67 bits per heavy atom. The molecule has 2 nitrogen and oxygen atoms in total. The minimum atomic E-state index is -0.358. The number of hydrogen-bond acceptors (Lipinski definition) is 2. The van der Waals surface area contributed by atoms with Crippen molar-refractivity contribution in [1.82, 2.24) is 0 Å². The van der Waals surface area contributed by atoms with Gasteiger partial charge >= 0.3 is 0 Å². The molecule has 1 aliphatic heterocycles. The van der Waals surface area contributed by atoms with Gasteiger partial charge < -0.3 is 4.90 Å². The number of carbonyl (C=O) groups is 1. The number of ketones is 1. The van der Waals surface area contributed by atoms with Gasteiger partial charge in [0.2, 0.25) is 0 Å². The van der Waals surface area contributed by atoms with Gasteiger partial charge in [0.25, 0.3) is 0 Å². The number of nitrogens with zero attached hydrogens (tertiary/aromatic N) is 1. The van der Waals surface area contributed by atoms with Crippen LogP contribution in [0.15, 0.2) is 24.3 Å². The van der Waals surface area contributed by atoms with E-state index in [1.807, 2.05) is 13.8 Å². The molecule has 1 heterocycles. The highest BCUT2D eigenvalue weighted by atomic mass is 16.1. The summed E-state index contributed by atoms with van der Waals surface area (Å²) in [6.45, 7) is 11.5. The fourth-order valence-corrected chi connectivity index (χ4v) is 2.54. The summed E-state index contributed by atoms with van der Waals surface area (Å²) in [6, 6.07) is 8.63. The van der Waals surface area contributed by atoms with Crippen LogP contribution in [0.4, 0.5) is 5.69 Å². The molecule has 0 N–H and O–H groups in total. The molecule has 0 aromatic heterocycles. The van der Waals surface area contributed by atoms with Crippen LogP contribution in [0.25, 0.3) is 0 Å². The molecular weight excluding hydrogens is 222 g/mol. The third-order valence-corrected chi connectivity index (χ3v) is 3.96. The molecule has 0 atom stereocenters. The maximum absolute atomic E-state index is 11.9. The number of anilines is 1. The van der Waals surface area contributed by atoms with E-state index in [9.17, 15) is 4.79 Å². The Balaban J connectivity index is 2.29. The van der Waals surface area contributed by atoms with Gasteiger partial charge in [-0.3, -0.25) is 4.79 Å². The van der Waals surface area contributed by atoms with Gasteiger partial charge in [-0.05, 0) is 37.0 Å². The van der Waals surface area contributed by atoms with Gasteiger partial charge in [0.05, 0.1) is 5.54 Å². The largest absolute Gasteiger partial charge is 0.359 e. The summed E-state index contributed by atoms with van der Waals surface area (Å²) in [6.07, 6.45) is 0.661. The lowest BCUT2D eigenvalue weighted by atomic mass is 9.87. The van der Waals surface area contributed by atoms with Gasteiger partial charge in [0, 0.05) is 18.7 Å². The van der Waals surface area contributed by atoms with Crippen molar-refractivity contribution in [3.8, 4) is 0 Å². The molecule has 2 heteroatoms. The second-order valence-corrected chi connectivity index (χ2v) is 6.68. The van der Waals surface area contributed by atoms with Crippen molar-refractivity contribution in [3.05, 3.63) is 29.8 Å². The topological polar surface area (TPSA) is 20.3 Å². The first kappa shape index (κ1) is 13.1. The molecule has 0 spiro atoms. The van der Waals surface area contributed by atoms with Crippen LogP contribution < -0.4 is 4.90 Å². The van der Waals surface area contributed by atoms with Crippen molar-refractivity contribution >= 4 is 11.5 Å². The van der Waals surface area contributed by atoms with Crippen LogP contribution in [0, 0.1) is 0 Å². The lowest BCUT2D eigenvalue weighted by Gasteiger charge is -2.32. The van der Waals surface area contributed by atoms with Crippen LogP contribution in [-0.4, -0.2) is 17.9 Å². The predicted octanol–water partition coefficient (Wildman–Crippen LogP) is 3.54. The molecule has 1 fully saturated rings. The molecule has 18 heavy (non-hydrogen) atoms. The van der Waals surface area contributed by atoms with Crippen molar-refractivity contribution in [1.29, 1.82) is 0 Å². The van der Waals surface area contributed by atoms with E-state index in [-0.39, 0.29) is 11.0 Å². The smallest absolute Gasteiger partial charge is 0.159 e. The van der Waals surface area contributed by atoms with Crippen molar-refractivity contribution in [2.75, 3.05) is 11.4 Å². The predicted molar refractivity (Wildman–Crippen MR) is 76.2 cm³/mol. The molecule has 1 saturated heterocycles. The molecule has 0 bridgehead atoms. The minimum absolute atomic E-state index is 0.175. The molecule has 1 aliphatic rings. The van der Waals surface area contributed by atoms with Crippen molar-refractivity contribution in [3.63, 3.8) is 0 Å². The minimum Gasteiger partial charge on any atom is -0.359 e. The highest BCUT2D eigenvalue weighted by Crippen LogP contribution is 2.32. The van der Waals surface area contributed by atoms with E-state index < -0.39 is 0 Å². The summed E-state index contributed by atoms with van der Waals surface area (Å²) in [7, 11) is 0. The van der Waals surface area contributed by atoms with Gasteiger partial charge in [0.15, 0.2) is 5.78 Å². The van der Waals surface area contributed by atoms with Crippen LogP contribution in [0.1, 0.15) is 46.6 Å². The summed E-state index contributed by atoms with van der Waals surface area (Å²) in [4.78, 5) is 14.1. The first-order valence-electron chi connectivity index (χ1n) is 6.64. The second kappa shape index (κ2) is 4.11. The molecular formula is C16H23NO. The van der Waals surface area contributed by atoms with Gasteiger partial charge in [-0.1, -0.05) is 32.9 Å². The molecule has 0 saturated carbocycles. The zero-order valence-electron chi connectivity index (χ0n) is 12.1. The Morgan fingerprint density at radius 3 is 2.06 bits per heavy atom. The Bertz CT molecular complexity index is 451. The van der Waals surface area contributed by atoms with Crippen LogP contribution in [0.3, 0.4) is 0 Å². The number of Topliss-reactive ketones (excluding diaryl/α,β-unsaturated/α-hetero) is 1. The van der Waals surface area contributed by atoms with E-state index in [4.69, 9.17) is 0 Å². The summed E-state index contributed by atoms with van der Waals surface area (Å²) in [5.74, 6) is 0.336. The van der Waals surface area contributed by atoms with Crippen LogP contribution >= 0.6 is 0 Å². The summed E-state index contributed by atoms with van der Waals surface area (Å²) < 4.78 is 0. The average molecular weight is 245 g/mol. The monoisotopic (exact) mass is 245 g/mol. The standard InChI is InChI=1S/C16H23NO/c1-15(2,3)12-6-8-13(9-7-12)17-11-10-14(18)16(17,4)5/h6-9H,10-11H2,1-5H3. The molecule has 2 rings (SSSR count).